The summed E-state index contributed by atoms with van der Waals surface area (Å²) >= 11 is 0. The normalized spacial score (nSPS) is 20.7. The van der Waals surface area contributed by atoms with Crippen molar-refractivity contribution in [3.63, 3.8) is 0 Å². The smallest absolute Gasteiger partial charge is 0.269 e. The molecule has 0 saturated heterocycles. The lowest BCUT2D eigenvalue weighted by atomic mass is 9.90. The molecule has 0 aromatic heterocycles. The highest BCUT2D eigenvalue weighted by Crippen LogP contribution is 2.34. The fraction of sp³-hybridized carbons (Fsp3) is 0.188. The summed E-state index contributed by atoms with van der Waals surface area (Å²) in [6, 6.07) is 16.3. The van der Waals surface area contributed by atoms with Gasteiger partial charge in [-0.1, -0.05) is 42.4 Å². The number of non-ortho nitro benzene ring substituents is 1. The van der Waals surface area contributed by atoms with E-state index < -0.39 is 4.92 Å². The van der Waals surface area contributed by atoms with E-state index in [0.717, 1.165) is 16.8 Å². The van der Waals surface area contributed by atoms with Crippen LogP contribution >= 0.6 is 0 Å². The molecule has 0 bridgehead atoms. The van der Waals surface area contributed by atoms with E-state index >= 15 is 0 Å². The molecule has 3 rings (SSSR count). The van der Waals surface area contributed by atoms with Gasteiger partial charge in [-0.2, -0.15) is 0 Å². The van der Waals surface area contributed by atoms with Crippen LogP contribution in [0.4, 0.5) is 5.69 Å². The molecule has 21 heavy (non-hydrogen) atoms. The second-order valence-corrected chi connectivity index (χ2v) is 5.01. The van der Waals surface area contributed by atoms with E-state index in [1.54, 1.807) is 12.1 Å². The van der Waals surface area contributed by atoms with E-state index in [-0.39, 0.29) is 17.7 Å². The molecule has 0 N–H and O–H groups in total. The van der Waals surface area contributed by atoms with Gasteiger partial charge < -0.3 is 4.84 Å². The van der Waals surface area contributed by atoms with Gasteiger partial charge in [0, 0.05) is 23.6 Å². The predicted octanol–water partition coefficient (Wildman–Crippen LogP) is 3.71. The lowest BCUT2D eigenvalue weighted by Gasteiger charge is -2.14. The van der Waals surface area contributed by atoms with Crippen LogP contribution < -0.4 is 0 Å². The maximum atomic E-state index is 10.7. The number of oxime groups is 1. The summed E-state index contributed by atoms with van der Waals surface area (Å²) in [7, 11) is 0. The summed E-state index contributed by atoms with van der Waals surface area (Å²) in [6.07, 6.45) is -0.114. The molecule has 0 aliphatic carbocycles. The van der Waals surface area contributed by atoms with Crippen LogP contribution in [-0.2, 0) is 4.84 Å². The zero-order valence-electron chi connectivity index (χ0n) is 11.5. The summed E-state index contributed by atoms with van der Waals surface area (Å²) in [4.78, 5) is 15.8. The van der Waals surface area contributed by atoms with E-state index in [9.17, 15) is 10.1 Å². The third-order valence-corrected chi connectivity index (χ3v) is 3.65. The maximum absolute atomic E-state index is 10.7. The zero-order valence-corrected chi connectivity index (χ0v) is 11.5. The number of nitrogens with zero attached hydrogens (tertiary/aromatic N) is 2. The van der Waals surface area contributed by atoms with Crippen molar-refractivity contribution in [3.05, 3.63) is 75.8 Å². The van der Waals surface area contributed by atoms with Gasteiger partial charge in [0.05, 0.1) is 10.6 Å². The molecule has 1 aliphatic heterocycles. The first-order chi connectivity index (χ1) is 10.2. The highest BCUT2D eigenvalue weighted by atomic mass is 16.6. The van der Waals surface area contributed by atoms with Gasteiger partial charge in [-0.3, -0.25) is 10.1 Å². The Bertz CT molecular complexity index is 680. The standard InChI is InChI=1S/C16H14N2O3/c1-11-15(12-7-9-14(10-8-12)18(19)20)17-21-16(11)13-5-3-2-4-6-13/h2-11,16H,1H3/t11-,16-/m1/s1. The lowest BCUT2D eigenvalue weighted by molar-refractivity contribution is -0.384. The molecule has 2 aromatic rings. The lowest BCUT2D eigenvalue weighted by Crippen LogP contribution is -2.14. The van der Waals surface area contributed by atoms with Crippen molar-refractivity contribution < 1.29 is 9.76 Å². The number of nitro groups is 1. The molecular formula is C16H14N2O3. The number of nitro benzene ring substituents is 1. The highest BCUT2D eigenvalue weighted by Gasteiger charge is 2.32. The van der Waals surface area contributed by atoms with Crippen molar-refractivity contribution >= 4 is 11.4 Å². The molecule has 0 radical (unpaired) electrons. The molecule has 5 heteroatoms. The molecule has 5 nitrogen and oxygen atoms in total. The van der Waals surface area contributed by atoms with Crippen LogP contribution in [0.25, 0.3) is 0 Å². The summed E-state index contributed by atoms with van der Waals surface area (Å²) in [5.74, 6) is 0.0915. The molecule has 0 unspecified atom stereocenters. The Morgan fingerprint density at radius 1 is 1.10 bits per heavy atom. The fourth-order valence-electron chi connectivity index (χ4n) is 2.49. The Labute approximate surface area is 122 Å². The van der Waals surface area contributed by atoms with E-state index in [1.165, 1.54) is 12.1 Å². The SMILES string of the molecule is C[C@@H]1C(c2ccc([N+](=O)[O-])cc2)=NO[C@H]1c1ccccc1. The van der Waals surface area contributed by atoms with Gasteiger partial charge in [-0.25, -0.2) is 0 Å². The van der Waals surface area contributed by atoms with E-state index in [4.69, 9.17) is 4.84 Å². The van der Waals surface area contributed by atoms with Crippen molar-refractivity contribution in [1.82, 2.24) is 0 Å². The van der Waals surface area contributed by atoms with Crippen LogP contribution in [-0.4, -0.2) is 10.6 Å². The monoisotopic (exact) mass is 282 g/mol. The number of rotatable bonds is 3. The number of hydrogen-bond acceptors (Lipinski definition) is 4. The molecule has 2 atom stereocenters. The molecule has 0 saturated carbocycles. The minimum absolute atomic E-state index is 0.0746. The number of hydrogen-bond donors (Lipinski definition) is 0. The van der Waals surface area contributed by atoms with Crippen molar-refractivity contribution in [2.24, 2.45) is 11.1 Å². The van der Waals surface area contributed by atoms with Crippen molar-refractivity contribution in [1.29, 1.82) is 0 Å². The Balaban J connectivity index is 1.83. The number of benzene rings is 2. The van der Waals surface area contributed by atoms with Crippen molar-refractivity contribution in [2.75, 3.05) is 0 Å². The molecule has 0 spiro atoms. The third-order valence-electron chi connectivity index (χ3n) is 3.65. The quantitative estimate of drug-likeness (QED) is 0.636. The zero-order chi connectivity index (χ0) is 14.8. The second kappa shape index (κ2) is 5.36. The van der Waals surface area contributed by atoms with Crippen LogP contribution in [0.3, 0.4) is 0 Å². The Morgan fingerprint density at radius 3 is 2.38 bits per heavy atom. The maximum Gasteiger partial charge on any atom is 0.269 e. The van der Waals surface area contributed by atoms with Crippen molar-refractivity contribution in [2.45, 2.75) is 13.0 Å². The van der Waals surface area contributed by atoms with E-state index in [2.05, 4.69) is 5.16 Å². The highest BCUT2D eigenvalue weighted by molar-refractivity contribution is 6.03. The van der Waals surface area contributed by atoms with Crippen molar-refractivity contribution in [3.8, 4) is 0 Å². The average Bonchev–Trinajstić information content (AvgIpc) is 2.90. The predicted molar refractivity (Wildman–Crippen MR) is 79.1 cm³/mol. The average molecular weight is 282 g/mol. The molecular weight excluding hydrogens is 268 g/mol. The first kappa shape index (κ1) is 13.3. The van der Waals surface area contributed by atoms with Gasteiger partial charge in [0.2, 0.25) is 0 Å². The fourth-order valence-corrected chi connectivity index (χ4v) is 2.49. The van der Waals surface area contributed by atoms with E-state index in [1.807, 2.05) is 37.3 Å². The Morgan fingerprint density at radius 2 is 1.76 bits per heavy atom. The first-order valence-corrected chi connectivity index (χ1v) is 6.70. The molecule has 0 amide bonds. The van der Waals surface area contributed by atoms with Gasteiger partial charge in [-0.05, 0) is 17.7 Å². The summed E-state index contributed by atoms with van der Waals surface area (Å²) in [5.41, 5.74) is 2.82. The molecule has 1 aliphatic rings. The molecule has 106 valence electrons. The van der Waals surface area contributed by atoms with Gasteiger partial charge in [-0.15, -0.1) is 0 Å². The second-order valence-electron chi connectivity index (χ2n) is 5.01. The van der Waals surface area contributed by atoms with Crippen LogP contribution in [0.15, 0.2) is 59.8 Å². The van der Waals surface area contributed by atoms with Gasteiger partial charge in [0.25, 0.3) is 5.69 Å². The Hall–Kier alpha value is -2.69. The molecule has 2 aromatic carbocycles. The Kier molecular flexibility index (Phi) is 3.39. The summed E-state index contributed by atoms with van der Waals surface area (Å²) < 4.78 is 0. The molecule has 0 fully saturated rings. The van der Waals surface area contributed by atoms with Crippen LogP contribution in [0, 0.1) is 16.0 Å². The van der Waals surface area contributed by atoms with Crippen LogP contribution in [0.1, 0.15) is 24.2 Å². The minimum Gasteiger partial charge on any atom is -0.387 e. The van der Waals surface area contributed by atoms with Gasteiger partial charge >= 0.3 is 0 Å². The minimum atomic E-state index is -0.410. The van der Waals surface area contributed by atoms with E-state index in [0.29, 0.717) is 0 Å². The summed E-state index contributed by atoms with van der Waals surface area (Å²) in [6.45, 7) is 2.05. The summed E-state index contributed by atoms with van der Waals surface area (Å²) in [5, 5.41) is 14.9. The van der Waals surface area contributed by atoms with Gasteiger partial charge in [0.1, 0.15) is 0 Å². The van der Waals surface area contributed by atoms with Gasteiger partial charge in [0.15, 0.2) is 6.10 Å². The topological polar surface area (TPSA) is 64.7 Å². The largest absolute Gasteiger partial charge is 0.387 e. The molecule has 1 heterocycles. The van der Waals surface area contributed by atoms with Crippen LogP contribution in [0.5, 0.6) is 0 Å². The first-order valence-electron chi connectivity index (χ1n) is 6.70. The third kappa shape index (κ3) is 2.50. The van der Waals surface area contributed by atoms with Crippen LogP contribution in [0.2, 0.25) is 0 Å².